The Morgan fingerprint density at radius 1 is 1.25 bits per heavy atom. The molecule has 0 amide bonds. The normalized spacial score (nSPS) is 8.75. The van der Waals surface area contributed by atoms with E-state index in [2.05, 4.69) is 22.8 Å². The Balaban J connectivity index is 0.000000354. The fraction of sp³-hybridized carbons (Fsp3) is 0.111. The molecule has 1 rings (SSSR count). The largest absolute Gasteiger partial charge is 0.471 e. The maximum Gasteiger partial charge on any atom is 0.129 e. The van der Waals surface area contributed by atoms with Crippen molar-refractivity contribution in [3.05, 3.63) is 42.5 Å². The molecule has 66 valence electrons. The Bertz CT molecular complexity index is 221. The fourth-order valence-corrected chi connectivity index (χ4v) is 0.723. The van der Waals surface area contributed by atoms with Crippen LogP contribution in [0.5, 0.6) is 0 Å². The van der Waals surface area contributed by atoms with Crippen LogP contribution >= 0.6 is 0 Å². The highest BCUT2D eigenvalue weighted by Crippen LogP contribution is 2.08. The van der Waals surface area contributed by atoms with Gasteiger partial charge in [0.15, 0.2) is 0 Å². The van der Waals surface area contributed by atoms with Gasteiger partial charge in [0.2, 0.25) is 0 Å². The Morgan fingerprint density at radius 3 is 1.92 bits per heavy atom. The van der Waals surface area contributed by atoms with Crippen molar-refractivity contribution in [2.24, 2.45) is 0 Å². The number of allylic oxidation sites excluding steroid dienone is 1. The van der Waals surface area contributed by atoms with Crippen LogP contribution in [0.2, 0.25) is 0 Å². The second-order valence-corrected chi connectivity index (χ2v) is 5.82. The van der Waals surface area contributed by atoms with Crippen LogP contribution < -0.4 is 0 Å². The van der Waals surface area contributed by atoms with Crippen molar-refractivity contribution in [2.45, 2.75) is 6.92 Å². The van der Waals surface area contributed by atoms with Crippen molar-refractivity contribution in [3.8, 4) is 0 Å². The van der Waals surface area contributed by atoms with Crippen LogP contribution in [-0.2, 0) is 4.12 Å². The van der Waals surface area contributed by atoms with E-state index in [1.807, 2.05) is 25.1 Å². The van der Waals surface area contributed by atoms with E-state index in [0.29, 0.717) is 0 Å². The van der Waals surface area contributed by atoms with Crippen molar-refractivity contribution in [1.29, 1.82) is 0 Å². The molecular weight excluding hydrogens is 180 g/mol. The van der Waals surface area contributed by atoms with Gasteiger partial charge in [0.1, 0.15) is 21.0 Å². The molecule has 0 bridgehead atoms. The van der Waals surface area contributed by atoms with Crippen LogP contribution in [0, 0.1) is 0 Å². The predicted octanol–water partition coefficient (Wildman–Crippen LogP) is 0.283. The summed E-state index contributed by atoms with van der Waals surface area (Å²) in [6.45, 7) is 5.83. The molecule has 0 aliphatic carbocycles. The first-order valence-electron chi connectivity index (χ1n) is 3.83. The quantitative estimate of drug-likeness (QED) is 0.587. The van der Waals surface area contributed by atoms with Crippen molar-refractivity contribution in [2.75, 3.05) is 0 Å². The maximum atomic E-state index is 4.53. The van der Waals surface area contributed by atoms with E-state index in [4.69, 9.17) is 0 Å². The van der Waals surface area contributed by atoms with Gasteiger partial charge in [-0.2, -0.15) is 0 Å². The number of hydrogen-bond donors (Lipinski definition) is 0. The van der Waals surface area contributed by atoms with Gasteiger partial charge in [0.05, 0.1) is 0 Å². The number of hydrogen-bond acceptors (Lipinski definition) is 1. The first kappa shape index (κ1) is 11.4. The zero-order valence-corrected chi connectivity index (χ0v) is 12.0. The van der Waals surface area contributed by atoms with Crippen molar-refractivity contribution < 1.29 is 4.12 Å². The van der Waals surface area contributed by atoms with Crippen molar-refractivity contribution >= 4 is 26.5 Å². The molecule has 0 heterocycles. The van der Waals surface area contributed by atoms with E-state index >= 15 is 0 Å². The second-order valence-electron chi connectivity index (χ2n) is 2.55. The minimum atomic E-state index is 0.931. The molecule has 12 heavy (non-hydrogen) atoms. The van der Waals surface area contributed by atoms with Gasteiger partial charge in [-0.1, -0.05) is 42.5 Å². The summed E-state index contributed by atoms with van der Waals surface area (Å²) in [6.07, 6.45) is 0. The molecule has 1 aromatic rings. The average Bonchev–Trinajstić information content (AvgIpc) is 2.07. The van der Waals surface area contributed by atoms with Crippen LogP contribution in [0.15, 0.2) is 36.9 Å². The van der Waals surface area contributed by atoms with E-state index in [0.717, 1.165) is 26.5 Å². The first-order valence-corrected chi connectivity index (χ1v) is 5.46. The Labute approximate surface area is 80.5 Å². The summed E-state index contributed by atoms with van der Waals surface area (Å²) < 4.78 is 4.53. The molecule has 0 fully saturated rings. The minimum Gasteiger partial charge on any atom is -0.471 e. The fourth-order valence-electron chi connectivity index (χ4n) is 0.723. The predicted molar refractivity (Wildman–Crippen MR) is 62.1 cm³/mol. The Kier molecular flexibility index (Phi) is 6.65. The monoisotopic (exact) mass is 196 g/mol. The second kappa shape index (κ2) is 7.03. The molecule has 0 unspecified atom stereocenters. The maximum absolute atomic E-state index is 4.53. The van der Waals surface area contributed by atoms with Gasteiger partial charge in [0.25, 0.3) is 0 Å². The molecule has 0 spiro atoms. The van der Waals surface area contributed by atoms with Gasteiger partial charge in [-0.3, -0.25) is 0 Å². The Morgan fingerprint density at radius 2 is 1.67 bits per heavy atom. The third-order valence-electron chi connectivity index (χ3n) is 1.27. The van der Waals surface area contributed by atoms with Crippen LogP contribution in [0.4, 0.5) is 0 Å². The van der Waals surface area contributed by atoms with Gasteiger partial charge < -0.3 is 4.12 Å². The molecule has 3 heteroatoms. The molecular formula is C9H16OSi2. The summed E-state index contributed by atoms with van der Waals surface area (Å²) in [5.41, 5.74) is 2.34. The zero-order valence-electron chi connectivity index (χ0n) is 8.00. The van der Waals surface area contributed by atoms with Crippen molar-refractivity contribution in [1.82, 2.24) is 0 Å². The van der Waals surface area contributed by atoms with Gasteiger partial charge >= 0.3 is 0 Å². The van der Waals surface area contributed by atoms with Gasteiger partial charge in [-0.25, -0.2) is 0 Å². The molecule has 0 aliphatic heterocycles. The molecule has 0 saturated heterocycles. The lowest BCUT2D eigenvalue weighted by atomic mass is 10.1. The first-order chi connectivity index (χ1) is 5.72. The molecule has 0 N–H and O–H groups in total. The van der Waals surface area contributed by atoms with Crippen LogP contribution in [-0.4, -0.2) is 21.0 Å². The molecule has 0 aromatic heterocycles. The highest BCUT2D eigenvalue weighted by Gasteiger charge is 1.86. The lowest BCUT2D eigenvalue weighted by Gasteiger charge is -1.94. The summed E-state index contributed by atoms with van der Waals surface area (Å²) in [7, 11) is 1.86. The Hall–Kier alpha value is -0.646. The summed E-state index contributed by atoms with van der Waals surface area (Å²) >= 11 is 0. The van der Waals surface area contributed by atoms with Gasteiger partial charge in [0, 0.05) is 0 Å². The van der Waals surface area contributed by atoms with Crippen LogP contribution in [0.3, 0.4) is 0 Å². The smallest absolute Gasteiger partial charge is 0.129 e. The molecule has 0 atom stereocenters. The molecule has 0 saturated carbocycles. The third kappa shape index (κ3) is 5.06. The van der Waals surface area contributed by atoms with Crippen LogP contribution in [0.1, 0.15) is 12.5 Å². The van der Waals surface area contributed by atoms with E-state index in [1.54, 1.807) is 0 Å². The molecule has 0 aliphatic rings. The van der Waals surface area contributed by atoms with E-state index < -0.39 is 0 Å². The van der Waals surface area contributed by atoms with Crippen LogP contribution in [0.25, 0.3) is 5.57 Å². The summed E-state index contributed by atoms with van der Waals surface area (Å²) in [5.74, 6) is 0. The van der Waals surface area contributed by atoms with E-state index in [-0.39, 0.29) is 0 Å². The topological polar surface area (TPSA) is 9.23 Å². The molecule has 1 aromatic carbocycles. The number of benzene rings is 1. The average molecular weight is 196 g/mol. The SMILES string of the molecule is C=C(C)c1ccccc1.[SiH3]O[SiH3]. The lowest BCUT2D eigenvalue weighted by Crippen LogP contribution is -1.72. The molecule has 1 nitrogen and oxygen atoms in total. The molecule has 0 radical (unpaired) electrons. The summed E-state index contributed by atoms with van der Waals surface area (Å²) in [5, 5.41) is 0. The standard InChI is InChI=1S/C9H10.H6OSi2/c1-8(2)9-6-4-3-5-7-9;2-1-3/h3-7H,1H2,2H3;2-3H3. The highest BCUT2D eigenvalue weighted by atomic mass is 28.3. The summed E-state index contributed by atoms with van der Waals surface area (Å²) in [4.78, 5) is 0. The third-order valence-corrected chi connectivity index (χ3v) is 1.27. The van der Waals surface area contributed by atoms with Gasteiger partial charge in [-0.05, 0) is 12.5 Å². The van der Waals surface area contributed by atoms with E-state index in [9.17, 15) is 0 Å². The van der Waals surface area contributed by atoms with Crippen molar-refractivity contribution in [3.63, 3.8) is 0 Å². The number of rotatable bonds is 1. The zero-order chi connectivity index (χ0) is 9.40. The lowest BCUT2D eigenvalue weighted by molar-refractivity contribution is 0.690. The van der Waals surface area contributed by atoms with E-state index in [1.165, 1.54) is 5.56 Å². The summed E-state index contributed by atoms with van der Waals surface area (Å²) in [6, 6.07) is 10.2. The minimum absolute atomic E-state index is 0.931. The highest BCUT2D eigenvalue weighted by molar-refractivity contribution is 6.15. The van der Waals surface area contributed by atoms with Gasteiger partial charge in [-0.15, -0.1) is 0 Å².